The number of rotatable bonds is 8. The van der Waals surface area contributed by atoms with E-state index in [4.69, 9.17) is 5.11 Å². The van der Waals surface area contributed by atoms with Gasteiger partial charge in [0.25, 0.3) is 0 Å². The van der Waals surface area contributed by atoms with Gasteiger partial charge in [-0.3, -0.25) is 4.79 Å². The fourth-order valence-corrected chi connectivity index (χ4v) is 2.44. The molecule has 6 heteroatoms. The maximum Gasteiger partial charge on any atom is 0.307 e. The van der Waals surface area contributed by atoms with E-state index >= 15 is 0 Å². The molecule has 0 fully saturated rings. The number of allylic oxidation sites excluding steroid dienone is 1. The van der Waals surface area contributed by atoms with Gasteiger partial charge in [0.05, 0.1) is 11.7 Å². The van der Waals surface area contributed by atoms with Gasteiger partial charge in [0.1, 0.15) is 0 Å². The molecule has 0 aliphatic carbocycles. The number of nitrogens with zero attached hydrogens (tertiary/aromatic N) is 1. The lowest BCUT2D eigenvalue weighted by atomic mass is 10.2. The van der Waals surface area contributed by atoms with E-state index in [2.05, 4.69) is 6.58 Å². The second-order valence-corrected chi connectivity index (χ2v) is 5.96. The summed E-state index contributed by atoms with van der Waals surface area (Å²) in [6.45, 7) is 5.00. The van der Waals surface area contributed by atoms with Crippen molar-refractivity contribution in [2.24, 2.45) is 5.92 Å². The van der Waals surface area contributed by atoms with Crippen LogP contribution in [0.3, 0.4) is 0 Å². The van der Waals surface area contributed by atoms with Crippen LogP contribution in [0.1, 0.15) is 19.8 Å². The molecule has 1 unspecified atom stereocenters. The smallest absolute Gasteiger partial charge is 0.307 e. The van der Waals surface area contributed by atoms with Gasteiger partial charge in [0, 0.05) is 13.6 Å². The molecule has 0 bridgehead atoms. The monoisotopic (exact) mass is 249 g/mol. The second kappa shape index (κ2) is 6.65. The Morgan fingerprint density at radius 3 is 2.56 bits per heavy atom. The molecular weight excluding hydrogens is 230 g/mol. The van der Waals surface area contributed by atoms with E-state index < -0.39 is 21.9 Å². The van der Waals surface area contributed by atoms with E-state index in [1.54, 1.807) is 6.08 Å². The molecule has 0 aromatic rings. The van der Waals surface area contributed by atoms with Crippen LogP contribution in [-0.4, -0.2) is 43.1 Å². The molecule has 0 heterocycles. The summed E-state index contributed by atoms with van der Waals surface area (Å²) in [5.74, 6) is -1.66. The van der Waals surface area contributed by atoms with Crippen LogP contribution in [0.5, 0.6) is 0 Å². The molecule has 0 spiro atoms. The summed E-state index contributed by atoms with van der Waals surface area (Å²) < 4.78 is 24.4. The summed E-state index contributed by atoms with van der Waals surface area (Å²) in [6.07, 6.45) is 2.81. The van der Waals surface area contributed by atoms with Crippen molar-refractivity contribution in [3.8, 4) is 0 Å². The molecule has 0 aromatic carbocycles. The molecule has 0 saturated heterocycles. The summed E-state index contributed by atoms with van der Waals surface area (Å²) in [6, 6.07) is 0. The third-order valence-electron chi connectivity index (χ3n) is 2.24. The molecule has 0 amide bonds. The summed E-state index contributed by atoms with van der Waals surface area (Å²) >= 11 is 0. The zero-order chi connectivity index (χ0) is 12.8. The van der Waals surface area contributed by atoms with Crippen molar-refractivity contribution in [2.45, 2.75) is 19.8 Å². The average Bonchev–Trinajstić information content (AvgIpc) is 2.17. The number of carboxylic acids is 1. The van der Waals surface area contributed by atoms with E-state index in [9.17, 15) is 13.2 Å². The highest BCUT2D eigenvalue weighted by Gasteiger charge is 2.22. The molecule has 0 aromatic heterocycles. The lowest BCUT2D eigenvalue weighted by molar-refractivity contribution is -0.141. The van der Waals surface area contributed by atoms with Crippen molar-refractivity contribution >= 4 is 16.0 Å². The Labute approximate surface area is 96.8 Å². The topological polar surface area (TPSA) is 74.7 Å². The van der Waals surface area contributed by atoms with Gasteiger partial charge in [0.2, 0.25) is 10.0 Å². The fraction of sp³-hybridized carbons (Fsp3) is 0.700. The standard InChI is InChI=1S/C10H19NO4S/c1-4-5-6-7-16(14,15)11(3)8-9(2)10(12)13/h4,9H,1,5-8H2,2-3H3,(H,12,13). The van der Waals surface area contributed by atoms with Crippen molar-refractivity contribution < 1.29 is 18.3 Å². The third-order valence-corrected chi connectivity index (χ3v) is 4.14. The molecule has 0 radical (unpaired) electrons. The third kappa shape index (κ3) is 5.27. The number of carbonyl (C=O) groups is 1. The van der Waals surface area contributed by atoms with Crippen LogP contribution in [0.15, 0.2) is 12.7 Å². The first-order valence-corrected chi connectivity index (χ1v) is 6.70. The van der Waals surface area contributed by atoms with Gasteiger partial charge in [0.15, 0.2) is 0 Å². The molecule has 0 aliphatic heterocycles. The first kappa shape index (κ1) is 15.1. The number of unbranched alkanes of at least 4 members (excludes halogenated alkanes) is 1. The summed E-state index contributed by atoms with van der Waals surface area (Å²) in [7, 11) is -1.93. The van der Waals surface area contributed by atoms with Crippen LogP contribution in [0.2, 0.25) is 0 Å². The van der Waals surface area contributed by atoms with Crippen LogP contribution in [0, 0.1) is 5.92 Å². The molecule has 94 valence electrons. The Kier molecular flexibility index (Phi) is 6.28. The Morgan fingerprint density at radius 1 is 1.56 bits per heavy atom. The van der Waals surface area contributed by atoms with Crippen LogP contribution in [-0.2, 0) is 14.8 Å². The van der Waals surface area contributed by atoms with E-state index in [1.807, 2.05) is 0 Å². The maximum atomic E-state index is 11.7. The molecule has 0 saturated carbocycles. The minimum atomic E-state index is -3.34. The summed E-state index contributed by atoms with van der Waals surface area (Å²) in [5, 5.41) is 8.68. The van der Waals surface area contributed by atoms with E-state index in [0.29, 0.717) is 12.8 Å². The van der Waals surface area contributed by atoms with Crippen molar-refractivity contribution in [1.29, 1.82) is 0 Å². The van der Waals surface area contributed by atoms with Gasteiger partial charge in [-0.2, -0.15) is 0 Å². The van der Waals surface area contributed by atoms with Gasteiger partial charge in [-0.25, -0.2) is 12.7 Å². The van der Waals surface area contributed by atoms with Gasteiger partial charge < -0.3 is 5.11 Å². The number of aliphatic carboxylic acids is 1. The molecule has 1 N–H and O–H groups in total. The number of carboxylic acid groups (broad SMARTS) is 1. The highest BCUT2D eigenvalue weighted by Crippen LogP contribution is 2.06. The Hall–Kier alpha value is -0.880. The van der Waals surface area contributed by atoms with Gasteiger partial charge >= 0.3 is 5.97 Å². The highest BCUT2D eigenvalue weighted by atomic mass is 32.2. The van der Waals surface area contributed by atoms with Crippen molar-refractivity contribution in [2.75, 3.05) is 19.3 Å². The molecule has 16 heavy (non-hydrogen) atoms. The average molecular weight is 249 g/mol. The SMILES string of the molecule is C=CCCCS(=O)(=O)N(C)CC(C)C(=O)O. The second-order valence-electron chi connectivity index (χ2n) is 3.77. The van der Waals surface area contributed by atoms with Gasteiger partial charge in [-0.15, -0.1) is 6.58 Å². The quantitative estimate of drug-likeness (QED) is 0.513. The highest BCUT2D eigenvalue weighted by molar-refractivity contribution is 7.89. The van der Waals surface area contributed by atoms with Crippen molar-refractivity contribution in [3.63, 3.8) is 0 Å². The van der Waals surface area contributed by atoms with Crippen molar-refractivity contribution in [3.05, 3.63) is 12.7 Å². The fourth-order valence-electron chi connectivity index (χ4n) is 1.14. The molecule has 1 atom stereocenters. The lowest BCUT2D eigenvalue weighted by Crippen LogP contribution is -2.35. The normalized spacial score (nSPS) is 13.7. The van der Waals surface area contributed by atoms with Gasteiger partial charge in [-0.05, 0) is 12.8 Å². The molecule has 5 nitrogen and oxygen atoms in total. The molecule has 0 aliphatic rings. The lowest BCUT2D eigenvalue weighted by Gasteiger charge is -2.18. The van der Waals surface area contributed by atoms with E-state index in [1.165, 1.54) is 14.0 Å². The van der Waals surface area contributed by atoms with Crippen LogP contribution in [0.25, 0.3) is 0 Å². The maximum absolute atomic E-state index is 11.7. The van der Waals surface area contributed by atoms with Crippen LogP contribution in [0.4, 0.5) is 0 Å². The number of sulfonamides is 1. The summed E-state index contributed by atoms with van der Waals surface area (Å²) in [5.41, 5.74) is 0. The number of hydrogen-bond donors (Lipinski definition) is 1. The van der Waals surface area contributed by atoms with Crippen molar-refractivity contribution in [1.82, 2.24) is 4.31 Å². The van der Waals surface area contributed by atoms with E-state index in [-0.39, 0.29) is 12.3 Å². The Morgan fingerprint density at radius 2 is 2.12 bits per heavy atom. The van der Waals surface area contributed by atoms with Crippen LogP contribution < -0.4 is 0 Å². The largest absolute Gasteiger partial charge is 0.481 e. The minimum absolute atomic E-state index is 0.00571. The first-order chi connectivity index (χ1) is 7.31. The Bertz CT molecular complexity index is 337. The predicted octanol–water partition coefficient (Wildman–Crippen LogP) is 0.935. The first-order valence-electron chi connectivity index (χ1n) is 5.09. The van der Waals surface area contributed by atoms with Gasteiger partial charge in [-0.1, -0.05) is 13.0 Å². The number of hydrogen-bond acceptors (Lipinski definition) is 3. The Balaban J connectivity index is 4.29. The van der Waals surface area contributed by atoms with E-state index in [0.717, 1.165) is 4.31 Å². The molecule has 0 rings (SSSR count). The van der Waals surface area contributed by atoms with Crippen LogP contribution >= 0.6 is 0 Å². The summed E-state index contributed by atoms with van der Waals surface area (Å²) in [4.78, 5) is 10.6. The molecular formula is C10H19NO4S. The minimum Gasteiger partial charge on any atom is -0.481 e. The zero-order valence-electron chi connectivity index (χ0n) is 9.72. The zero-order valence-corrected chi connectivity index (χ0v) is 10.5. The predicted molar refractivity (Wildman–Crippen MR) is 62.6 cm³/mol.